The fourth-order valence-electron chi connectivity index (χ4n) is 1.14. The largest absolute Gasteiger partial charge is 0.497 e. The van der Waals surface area contributed by atoms with Gasteiger partial charge in [0, 0.05) is 5.56 Å². The standard InChI is InChI=1S/C11H10Cl2O4/c1-16-8-5-3-7(4-6-8)9(14)11(12,13)10(15)17-2/h3-6H,1-2H3. The Bertz CT molecular complexity index is 426. The van der Waals surface area contributed by atoms with Gasteiger partial charge >= 0.3 is 5.97 Å². The van der Waals surface area contributed by atoms with Gasteiger partial charge in [-0.05, 0) is 24.3 Å². The van der Waals surface area contributed by atoms with Gasteiger partial charge < -0.3 is 9.47 Å². The Hall–Kier alpha value is -1.26. The van der Waals surface area contributed by atoms with E-state index in [4.69, 9.17) is 27.9 Å². The number of halogens is 2. The van der Waals surface area contributed by atoms with Gasteiger partial charge in [0.1, 0.15) is 5.75 Å². The quantitative estimate of drug-likeness (QED) is 0.366. The summed E-state index contributed by atoms with van der Waals surface area (Å²) in [7, 11) is 2.60. The Balaban J connectivity index is 2.99. The van der Waals surface area contributed by atoms with E-state index in [0.29, 0.717) is 5.75 Å². The number of Topliss-reactive ketones (excluding diaryl/α,β-unsaturated/α-hetero) is 1. The van der Waals surface area contributed by atoms with Crippen molar-refractivity contribution in [2.24, 2.45) is 0 Å². The zero-order valence-electron chi connectivity index (χ0n) is 9.20. The smallest absolute Gasteiger partial charge is 0.350 e. The molecule has 0 aromatic heterocycles. The molecule has 0 saturated carbocycles. The molecule has 0 bridgehead atoms. The number of hydrogen-bond acceptors (Lipinski definition) is 4. The molecule has 4 nitrogen and oxygen atoms in total. The molecule has 17 heavy (non-hydrogen) atoms. The van der Waals surface area contributed by atoms with Crippen LogP contribution in [-0.4, -0.2) is 30.3 Å². The van der Waals surface area contributed by atoms with Gasteiger partial charge in [-0.25, -0.2) is 4.79 Å². The highest BCUT2D eigenvalue weighted by Crippen LogP contribution is 2.28. The summed E-state index contributed by atoms with van der Waals surface area (Å²) in [6.45, 7) is 0. The molecule has 1 aromatic rings. The molecule has 0 N–H and O–H groups in total. The van der Waals surface area contributed by atoms with Gasteiger partial charge in [0.05, 0.1) is 14.2 Å². The van der Waals surface area contributed by atoms with Crippen LogP contribution in [0.15, 0.2) is 24.3 Å². The fourth-order valence-corrected chi connectivity index (χ4v) is 1.52. The first kappa shape index (κ1) is 13.8. The number of rotatable bonds is 4. The minimum Gasteiger partial charge on any atom is -0.497 e. The molecule has 0 aliphatic heterocycles. The second kappa shape index (κ2) is 5.38. The second-order valence-electron chi connectivity index (χ2n) is 3.12. The summed E-state index contributed by atoms with van der Waals surface area (Å²) in [5.74, 6) is -1.17. The molecule has 1 rings (SSSR count). The van der Waals surface area contributed by atoms with Crippen molar-refractivity contribution < 1.29 is 19.1 Å². The van der Waals surface area contributed by atoms with Crippen molar-refractivity contribution in [1.29, 1.82) is 0 Å². The van der Waals surface area contributed by atoms with Gasteiger partial charge in [0.15, 0.2) is 0 Å². The third kappa shape index (κ3) is 2.90. The normalized spacial score (nSPS) is 10.8. The summed E-state index contributed by atoms with van der Waals surface area (Å²) in [6.07, 6.45) is 0. The van der Waals surface area contributed by atoms with Crippen molar-refractivity contribution in [3.63, 3.8) is 0 Å². The lowest BCUT2D eigenvalue weighted by Gasteiger charge is -2.15. The van der Waals surface area contributed by atoms with Gasteiger partial charge in [0.2, 0.25) is 5.78 Å². The third-order valence-corrected chi connectivity index (χ3v) is 2.73. The van der Waals surface area contributed by atoms with Crippen LogP contribution >= 0.6 is 23.2 Å². The molecular formula is C11H10Cl2O4. The summed E-state index contributed by atoms with van der Waals surface area (Å²) >= 11 is 11.3. The molecule has 0 unspecified atom stereocenters. The summed E-state index contributed by atoms with van der Waals surface area (Å²) in [5.41, 5.74) is 0.196. The molecule has 0 radical (unpaired) electrons. The van der Waals surface area contributed by atoms with E-state index in [1.165, 1.54) is 19.2 Å². The van der Waals surface area contributed by atoms with Gasteiger partial charge in [-0.1, -0.05) is 23.2 Å². The van der Waals surface area contributed by atoms with Gasteiger partial charge in [0.25, 0.3) is 4.33 Å². The van der Waals surface area contributed by atoms with Crippen molar-refractivity contribution >= 4 is 35.0 Å². The van der Waals surface area contributed by atoms with E-state index in [0.717, 1.165) is 7.11 Å². The van der Waals surface area contributed by atoms with Crippen molar-refractivity contribution in [3.8, 4) is 5.75 Å². The van der Waals surface area contributed by atoms with Crippen molar-refractivity contribution in [2.45, 2.75) is 4.33 Å². The predicted octanol–water partition coefficient (Wildman–Crippen LogP) is 2.22. The highest BCUT2D eigenvalue weighted by Gasteiger charge is 2.43. The number of ketones is 1. The number of benzene rings is 1. The lowest BCUT2D eigenvalue weighted by atomic mass is 10.1. The molecule has 0 saturated heterocycles. The average Bonchev–Trinajstić information content (AvgIpc) is 2.36. The molecule has 0 heterocycles. The number of carbonyl (C=O) groups is 2. The Kier molecular flexibility index (Phi) is 4.37. The van der Waals surface area contributed by atoms with E-state index >= 15 is 0 Å². The summed E-state index contributed by atoms with van der Waals surface area (Å²) in [4.78, 5) is 23.1. The molecule has 0 aliphatic carbocycles. The minimum absolute atomic E-state index is 0.196. The number of methoxy groups -OCH3 is 2. The minimum atomic E-state index is -2.23. The van der Waals surface area contributed by atoms with Crippen LogP contribution < -0.4 is 4.74 Å². The molecule has 92 valence electrons. The number of alkyl halides is 2. The van der Waals surface area contributed by atoms with Crippen LogP contribution in [0.3, 0.4) is 0 Å². The van der Waals surface area contributed by atoms with E-state index in [2.05, 4.69) is 4.74 Å². The molecule has 0 amide bonds. The highest BCUT2D eigenvalue weighted by atomic mass is 35.5. The first-order chi connectivity index (χ1) is 7.93. The van der Waals surface area contributed by atoms with E-state index < -0.39 is 16.1 Å². The Labute approximate surface area is 108 Å². The monoisotopic (exact) mass is 276 g/mol. The summed E-state index contributed by atoms with van der Waals surface area (Å²) < 4.78 is 7.06. The molecular weight excluding hydrogens is 267 g/mol. The Morgan fingerprint density at radius 3 is 2.06 bits per heavy atom. The van der Waals surface area contributed by atoms with E-state index in [1.54, 1.807) is 12.1 Å². The number of ether oxygens (including phenoxy) is 2. The zero-order valence-corrected chi connectivity index (χ0v) is 10.7. The second-order valence-corrected chi connectivity index (χ2v) is 4.45. The van der Waals surface area contributed by atoms with Gasteiger partial charge in [-0.15, -0.1) is 0 Å². The van der Waals surface area contributed by atoms with Crippen LogP contribution in [0.5, 0.6) is 5.75 Å². The van der Waals surface area contributed by atoms with Crippen molar-refractivity contribution in [3.05, 3.63) is 29.8 Å². The first-order valence-electron chi connectivity index (χ1n) is 4.58. The molecule has 0 aliphatic rings. The molecule has 0 fully saturated rings. The number of carbonyl (C=O) groups excluding carboxylic acids is 2. The van der Waals surface area contributed by atoms with E-state index in [-0.39, 0.29) is 5.56 Å². The van der Waals surface area contributed by atoms with Crippen molar-refractivity contribution in [1.82, 2.24) is 0 Å². The molecule has 6 heteroatoms. The lowest BCUT2D eigenvalue weighted by molar-refractivity contribution is -0.140. The fraction of sp³-hybridized carbons (Fsp3) is 0.273. The maximum Gasteiger partial charge on any atom is 0.350 e. The third-order valence-electron chi connectivity index (χ3n) is 2.08. The maximum absolute atomic E-state index is 11.9. The Morgan fingerprint density at radius 1 is 1.12 bits per heavy atom. The molecule has 0 atom stereocenters. The zero-order chi connectivity index (χ0) is 13.1. The molecule has 0 spiro atoms. The topological polar surface area (TPSA) is 52.6 Å². The maximum atomic E-state index is 11.9. The van der Waals surface area contributed by atoms with Gasteiger partial charge in [-0.3, -0.25) is 4.79 Å². The predicted molar refractivity (Wildman–Crippen MR) is 63.8 cm³/mol. The van der Waals surface area contributed by atoms with E-state index in [9.17, 15) is 9.59 Å². The highest BCUT2D eigenvalue weighted by molar-refractivity contribution is 6.68. The van der Waals surface area contributed by atoms with Gasteiger partial charge in [-0.2, -0.15) is 0 Å². The van der Waals surface area contributed by atoms with Crippen molar-refractivity contribution in [2.75, 3.05) is 14.2 Å². The van der Waals surface area contributed by atoms with Crippen LogP contribution in [0, 0.1) is 0 Å². The van der Waals surface area contributed by atoms with Crippen LogP contribution in [0.1, 0.15) is 10.4 Å². The van der Waals surface area contributed by atoms with Crippen LogP contribution in [-0.2, 0) is 9.53 Å². The lowest BCUT2D eigenvalue weighted by Crippen LogP contribution is -2.36. The number of hydrogen-bond donors (Lipinski definition) is 0. The van der Waals surface area contributed by atoms with Crippen LogP contribution in [0.25, 0.3) is 0 Å². The summed E-state index contributed by atoms with van der Waals surface area (Å²) in [5, 5.41) is 0. The summed E-state index contributed by atoms with van der Waals surface area (Å²) in [6, 6.07) is 6.05. The van der Waals surface area contributed by atoms with Crippen LogP contribution in [0.4, 0.5) is 0 Å². The average molecular weight is 277 g/mol. The molecule has 1 aromatic carbocycles. The van der Waals surface area contributed by atoms with E-state index in [1.807, 2.05) is 0 Å². The SMILES string of the molecule is COC(=O)C(Cl)(Cl)C(=O)c1ccc(OC)cc1. The first-order valence-corrected chi connectivity index (χ1v) is 5.34. The Morgan fingerprint density at radius 2 is 1.65 bits per heavy atom. The van der Waals surface area contributed by atoms with Crippen LogP contribution in [0.2, 0.25) is 0 Å². The number of esters is 1.